The largest absolute Gasteiger partial charge is 0.311 e. The summed E-state index contributed by atoms with van der Waals surface area (Å²) in [6.07, 6.45) is 0. The van der Waals surface area contributed by atoms with Gasteiger partial charge < -0.3 is 9.80 Å². The first-order valence-electron chi connectivity index (χ1n) is 25.5. The molecule has 2 aliphatic heterocycles. The fraction of sp³-hybridized carbons (Fsp3) is 0.0882. The minimum Gasteiger partial charge on any atom is -0.311 e. The van der Waals surface area contributed by atoms with E-state index in [4.69, 9.17) is 0 Å². The van der Waals surface area contributed by atoms with Gasteiger partial charge in [-0.1, -0.05) is 132 Å². The molecule has 0 radical (unpaired) electrons. The maximum absolute atomic E-state index is 15.8. The number of nitrogens with zero attached hydrogens (tertiary/aromatic N) is 4. The number of imide groups is 2. The molecule has 368 valence electrons. The molecule has 0 atom stereocenters. The van der Waals surface area contributed by atoms with E-state index < -0.39 is 23.6 Å². The molecule has 2 heterocycles. The molecule has 0 N–H and O–H groups in total. The topological polar surface area (TPSA) is 81.2 Å². The van der Waals surface area contributed by atoms with Gasteiger partial charge in [0, 0.05) is 56.0 Å². The second-order valence-electron chi connectivity index (χ2n) is 19.9. The van der Waals surface area contributed by atoms with Crippen LogP contribution in [0.15, 0.2) is 206 Å². The van der Waals surface area contributed by atoms with Crippen LogP contribution in [0.2, 0.25) is 0 Å². The number of benzene rings is 10. The Morgan fingerprint density at radius 1 is 0.289 bits per heavy atom. The van der Waals surface area contributed by atoms with Gasteiger partial charge in [-0.3, -0.25) is 19.2 Å². The zero-order valence-corrected chi connectivity index (χ0v) is 43.1. The Balaban J connectivity index is 1.13. The van der Waals surface area contributed by atoms with Crippen LogP contribution < -0.4 is 19.6 Å². The molecule has 8 nitrogen and oxygen atoms in total. The zero-order chi connectivity index (χ0) is 52.5. The molecule has 10 aromatic rings. The number of rotatable bonds is 10. The minimum absolute atomic E-state index is 0.220. The van der Waals surface area contributed by atoms with Crippen molar-refractivity contribution < 1.29 is 19.2 Å². The van der Waals surface area contributed by atoms with Gasteiger partial charge in [0.25, 0.3) is 23.6 Å². The lowest BCUT2D eigenvalue weighted by Crippen LogP contribution is -2.45. The second kappa shape index (κ2) is 18.7. The van der Waals surface area contributed by atoms with Crippen LogP contribution in [0.3, 0.4) is 0 Å². The van der Waals surface area contributed by atoms with Crippen LogP contribution in [0.4, 0.5) is 45.5 Å². The van der Waals surface area contributed by atoms with Crippen molar-refractivity contribution in [1.29, 1.82) is 0 Å². The summed E-state index contributed by atoms with van der Waals surface area (Å²) in [7, 11) is 0. The van der Waals surface area contributed by atoms with Crippen molar-refractivity contribution in [2.45, 2.75) is 41.5 Å². The summed E-state index contributed by atoms with van der Waals surface area (Å²) in [6, 6.07) is 67.8. The summed E-state index contributed by atoms with van der Waals surface area (Å²) in [5, 5.41) is 0.572. The highest BCUT2D eigenvalue weighted by Gasteiger charge is 2.45. The van der Waals surface area contributed by atoms with E-state index in [0.717, 1.165) is 67.5 Å². The molecule has 0 bridgehead atoms. The molecule has 0 fully saturated rings. The highest BCUT2D eigenvalue weighted by Crippen LogP contribution is 2.49. The van der Waals surface area contributed by atoms with E-state index >= 15 is 19.2 Å². The maximum atomic E-state index is 15.8. The summed E-state index contributed by atoms with van der Waals surface area (Å²) in [4.78, 5) is 70.0. The smallest absolute Gasteiger partial charge is 0.266 e. The number of carbonyl (C=O) groups is 4. The van der Waals surface area contributed by atoms with Gasteiger partial charge in [0.05, 0.1) is 22.5 Å². The van der Waals surface area contributed by atoms with Gasteiger partial charge in [-0.05, 0) is 171 Å². The van der Waals surface area contributed by atoms with Crippen LogP contribution >= 0.6 is 0 Å². The third-order valence-electron chi connectivity index (χ3n) is 14.8. The van der Waals surface area contributed by atoms with E-state index in [1.54, 1.807) is 12.1 Å². The van der Waals surface area contributed by atoms with Crippen molar-refractivity contribution in [3.63, 3.8) is 0 Å². The Morgan fingerprint density at radius 3 is 0.829 bits per heavy atom. The first kappa shape index (κ1) is 47.4. The predicted molar refractivity (Wildman–Crippen MR) is 308 cm³/mol. The molecule has 76 heavy (non-hydrogen) atoms. The molecule has 2 aliphatic rings. The van der Waals surface area contributed by atoms with Gasteiger partial charge in [-0.25, -0.2) is 9.80 Å². The van der Waals surface area contributed by atoms with Crippen LogP contribution in [0, 0.1) is 41.5 Å². The quantitative estimate of drug-likeness (QED) is 0.127. The summed E-state index contributed by atoms with van der Waals surface area (Å²) < 4.78 is 0. The zero-order valence-electron chi connectivity index (χ0n) is 43.1. The Morgan fingerprint density at radius 2 is 0.553 bits per heavy atom. The van der Waals surface area contributed by atoms with E-state index in [9.17, 15) is 0 Å². The fourth-order valence-electron chi connectivity index (χ4n) is 11.8. The average molecular weight is 989 g/mol. The number of amides is 4. The normalized spacial score (nSPS) is 12.9. The van der Waals surface area contributed by atoms with Crippen molar-refractivity contribution in [3.05, 3.63) is 262 Å². The summed E-state index contributed by atoms with van der Waals surface area (Å²) in [5.41, 5.74) is 14.8. The number of para-hydroxylation sites is 4. The summed E-state index contributed by atoms with van der Waals surface area (Å²) in [5.74, 6) is -2.15. The molecule has 8 heteroatoms. The Hall–Kier alpha value is -9.66. The van der Waals surface area contributed by atoms with E-state index in [1.807, 2.05) is 187 Å². The summed E-state index contributed by atoms with van der Waals surface area (Å²) >= 11 is 0. The van der Waals surface area contributed by atoms with Gasteiger partial charge in [-0.2, -0.15) is 0 Å². The van der Waals surface area contributed by atoms with Crippen molar-refractivity contribution >= 4 is 79.9 Å². The molecule has 0 aliphatic carbocycles. The molecule has 0 saturated carbocycles. The number of carbonyl (C=O) groups excluding carboxylic acids is 4. The molecular weight excluding hydrogens is 937 g/mol. The minimum atomic E-state index is -0.538. The van der Waals surface area contributed by atoms with Crippen molar-refractivity contribution in [2.24, 2.45) is 0 Å². The van der Waals surface area contributed by atoms with Crippen LogP contribution in [0.5, 0.6) is 0 Å². The van der Waals surface area contributed by atoms with E-state index in [-0.39, 0.29) is 33.0 Å². The number of hydrogen-bond acceptors (Lipinski definition) is 6. The number of aryl methyl sites for hydroxylation is 6. The molecule has 0 unspecified atom stereocenters. The van der Waals surface area contributed by atoms with Gasteiger partial charge >= 0.3 is 0 Å². The average Bonchev–Trinajstić information content (AvgIpc) is 3.46. The molecule has 4 amide bonds. The molecule has 0 aromatic heterocycles. The Kier molecular flexibility index (Phi) is 11.6. The third kappa shape index (κ3) is 7.76. The van der Waals surface area contributed by atoms with Crippen LogP contribution in [0.25, 0.3) is 33.0 Å². The molecule has 0 spiro atoms. The lowest BCUT2D eigenvalue weighted by molar-refractivity contribution is 0.0873. The number of anilines is 8. The fourth-order valence-corrected chi connectivity index (χ4v) is 11.8. The third-order valence-corrected chi connectivity index (χ3v) is 14.8. The predicted octanol–water partition coefficient (Wildman–Crippen LogP) is 16.6. The van der Waals surface area contributed by atoms with Crippen molar-refractivity contribution in [1.82, 2.24) is 0 Å². The lowest BCUT2D eigenvalue weighted by Gasteiger charge is -2.36. The molecular formula is C68H52N4O4. The Bertz CT molecular complexity index is 3620. The first-order valence-corrected chi connectivity index (χ1v) is 25.5. The van der Waals surface area contributed by atoms with E-state index in [2.05, 4.69) is 58.3 Å². The van der Waals surface area contributed by atoms with Crippen LogP contribution in [-0.4, -0.2) is 23.6 Å². The molecule has 12 rings (SSSR count). The monoisotopic (exact) mass is 988 g/mol. The van der Waals surface area contributed by atoms with Gasteiger partial charge in [0.1, 0.15) is 0 Å². The number of hydrogen-bond donors (Lipinski definition) is 0. The van der Waals surface area contributed by atoms with Gasteiger partial charge in [0.15, 0.2) is 0 Å². The van der Waals surface area contributed by atoms with E-state index in [0.29, 0.717) is 33.6 Å². The SMILES string of the molecule is Cc1cc(C)c(N2C(=O)c3cc(-c4ccc(N(c5ccccc5)c5ccccc5)cc4)c4c5c(cc(-c6ccc(N(c7ccccc7)c7ccccc7)cc6)c(c35)C2=O)C(=O)N(c2c(C)cc(C)cc2C)C4=O)c(C)c1. The standard InChI is InChI=1S/C68H52N4O4/c1-41-35-43(3)63(44(4)36-41)71-65(73)57-39-56(48-29-33-54(34-30-48)70(51-23-15-9-16-24-51)52-25-17-10-18-26-52)62-60-58(66(74)72(68(62)76)64-45(5)37-42(2)38-46(64)6)40-55(61(59(57)60)67(71)75)47-27-31-53(32-28-47)69(49-19-11-7-12-20-49)50-21-13-8-14-22-50/h7-40H,1-6H3. The molecule has 0 saturated heterocycles. The van der Waals surface area contributed by atoms with Crippen LogP contribution in [-0.2, 0) is 0 Å². The highest BCUT2D eigenvalue weighted by atomic mass is 16.2. The van der Waals surface area contributed by atoms with Gasteiger partial charge in [-0.15, -0.1) is 0 Å². The van der Waals surface area contributed by atoms with Crippen molar-refractivity contribution in [2.75, 3.05) is 19.6 Å². The highest BCUT2D eigenvalue weighted by molar-refractivity contribution is 6.45. The van der Waals surface area contributed by atoms with Gasteiger partial charge in [0.2, 0.25) is 0 Å². The lowest BCUT2D eigenvalue weighted by atomic mass is 9.78. The second-order valence-corrected chi connectivity index (χ2v) is 19.9. The van der Waals surface area contributed by atoms with E-state index in [1.165, 1.54) is 9.80 Å². The Labute approximate surface area is 442 Å². The molecule has 10 aromatic carbocycles. The maximum Gasteiger partial charge on any atom is 0.266 e. The van der Waals surface area contributed by atoms with Crippen molar-refractivity contribution in [3.8, 4) is 22.3 Å². The first-order chi connectivity index (χ1) is 36.9. The van der Waals surface area contributed by atoms with Crippen LogP contribution in [0.1, 0.15) is 74.8 Å². The summed E-state index contributed by atoms with van der Waals surface area (Å²) in [6.45, 7) is 11.6.